The summed E-state index contributed by atoms with van der Waals surface area (Å²) in [5, 5.41) is 0. The molecule has 0 unspecified atom stereocenters. The number of imidazole rings is 1. The largest absolute Gasteiger partial charge is 0.490 e. The SMILES string of the molecule is Cc1ccc2nc3n(c2c1)C[C@@H](COc1ccc(C(C)(C)C)cc1)O3. The van der Waals surface area contributed by atoms with Gasteiger partial charge in [-0.25, -0.2) is 0 Å². The molecule has 1 aliphatic heterocycles. The van der Waals surface area contributed by atoms with Crippen molar-refractivity contribution in [1.29, 1.82) is 0 Å². The lowest BCUT2D eigenvalue weighted by Crippen LogP contribution is -2.23. The number of fused-ring (bicyclic) bond motifs is 3. The summed E-state index contributed by atoms with van der Waals surface area (Å²) in [6, 6.07) is 15.3. The Balaban J connectivity index is 1.42. The summed E-state index contributed by atoms with van der Waals surface area (Å²) in [7, 11) is 0. The summed E-state index contributed by atoms with van der Waals surface area (Å²) in [5.74, 6) is 0.877. The maximum Gasteiger partial charge on any atom is 0.297 e. The summed E-state index contributed by atoms with van der Waals surface area (Å²) in [5.41, 5.74) is 4.80. The first-order valence-corrected chi connectivity index (χ1v) is 8.77. The summed E-state index contributed by atoms with van der Waals surface area (Å²) in [4.78, 5) is 4.56. The number of nitrogens with zero attached hydrogens (tertiary/aromatic N) is 2. The molecule has 4 heteroatoms. The number of hydrogen-bond donors (Lipinski definition) is 0. The van der Waals surface area contributed by atoms with Crippen molar-refractivity contribution in [2.45, 2.75) is 45.8 Å². The van der Waals surface area contributed by atoms with Crippen molar-refractivity contribution in [3.63, 3.8) is 0 Å². The van der Waals surface area contributed by atoms with E-state index in [-0.39, 0.29) is 11.5 Å². The van der Waals surface area contributed by atoms with Crippen LogP contribution in [-0.2, 0) is 12.0 Å². The van der Waals surface area contributed by atoms with E-state index in [0.717, 1.165) is 23.3 Å². The van der Waals surface area contributed by atoms with Crippen LogP contribution in [0.15, 0.2) is 42.5 Å². The summed E-state index contributed by atoms with van der Waals surface area (Å²) in [6.07, 6.45) is -0.00490. The van der Waals surface area contributed by atoms with Crippen LogP contribution in [0.25, 0.3) is 11.0 Å². The van der Waals surface area contributed by atoms with E-state index in [9.17, 15) is 0 Å². The maximum atomic E-state index is 5.96. The van der Waals surface area contributed by atoms with Gasteiger partial charge < -0.3 is 9.47 Å². The Bertz CT molecular complexity index is 904. The molecule has 0 N–H and O–H groups in total. The molecule has 3 aromatic rings. The van der Waals surface area contributed by atoms with Gasteiger partial charge in [0.15, 0.2) is 6.10 Å². The molecule has 0 bridgehead atoms. The number of ether oxygens (including phenoxy) is 2. The first-order valence-electron chi connectivity index (χ1n) is 8.77. The second-order valence-electron chi connectivity index (χ2n) is 7.82. The van der Waals surface area contributed by atoms with Gasteiger partial charge in [0.25, 0.3) is 6.01 Å². The van der Waals surface area contributed by atoms with Crippen molar-refractivity contribution >= 4 is 11.0 Å². The van der Waals surface area contributed by atoms with Gasteiger partial charge >= 0.3 is 0 Å². The maximum absolute atomic E-state index is 5.96. The number of benzene rings is 2. The highest BCUT2D eigenvalue weighted by Gasteiger charge is 2.27. The van der Waals surface area contributed by atoms with E-state index in [1.165, 1.54) is 11.1 Å². The average Bonchev–Trinajstić information content (AvgIpc) is 3.10. The minimum Gasteiger partial charge on any atom is -0.490 e. The van der Waals surface area contributed by atoms with Gasteiger partial charge in [0.05, 0.1) is 17.6 Å². The number of hydrogen-bond acceptors (Lipinski definition) is 3. The van der Waals surface area contributed by atoms with Crippen LogP contribution >= 0.6 is 0 Å². The van der Waals surface area contributed by atoms with Crippen LogP contribution in [0.1, 0.15) is 31.9 Å². The van der Waals surface area contributed by atoms with E-state index in [1.54, 1.807) is 0 Å². The van der Waals surface area contributed by atoms with E-state index in [1.807, 2.05) is 18.2 Å². The normalized spacial score (nSPS) is 16.7. The molecule has 4 rings (SSSR count). The van der Waals surface area contributed by atoms with E-state index in [4.69, 9.17) is 9.47 Å². The zero-order chi connectivity index (χ0) is 17.6. The number of aromatic nitrogens is 2. The number of rotatable bonds is 3. The van der Waals surface area contributed by atoms with Crippen molar-refractivity contribution in [2.24, 2.45) is 0 Å². The summed E-state index contributed by atoms with van der Waals surface area (Å²) >= 11 is 0. The lowest BCUT2D eigenvalue weighted by atomic mass is 9.87. The lowest BCUT2D eigenvalue weighted by Gasteiger charge is -2.19. The monoisotopic (exact) mass is 336 g/mol. The van der Waals surface area contributed by atoms with Crippen molar-refractivity contribution in [2.75, 3.05) is 6.61 Å². The van der Waals surface area contributed by atoms with Crippen LogP contribution < -0.4 is 9.47 Å². The topological polar surface area (TPSA) is 36.3 Å². The van der Waals surface area contributed by atoms with Gasteiger partial charge in [-0.1, -0.05) is 39.0 Å². The minimum atomic E-state index is -0.00490. The Morgan fingerprint density at radius 2 is 1.92 bits per heavy atom. The van der Waals surface area contributed by atoms with Crippen LogP contribution in [0.4, 0.5) is 0 Å². The first-order chi connectivity index (χ1) is 11.9. The molecule has 25 heavy (non-hydrogen) atoms. The molecule has 0 amide bonds. The zero-order valence-corrected chi connectivity index (χ0v) is 15.2. The molecule has 1 aromatic heterocycles. The van der Waals surface area contributed by atoms with Gasteiger partial charge in [-0.05, 0) is 47.7 Å². The molecule has 2 aromatic carbocycles. The van der Waals surface area contributed by atoms with Gasteiger partial charge in [-0.3, -0.25) is 4.57 Å². The molecule has 0 fully saturated rings. The molecule has 0 spiro atoms. The van der Waals surface area contributed by atoms with E-state index in [2.05, 4.69) is 61.5 Å². The van der Waals surface area contributed by atoms with Crippen LogP contribution in [0.3, 0.4) is 0 Å². The minimum absolute atomic E-state index is 0.00490. The standard InChI is InChI=1S/C21H24N2O2/c1-14-5-10-18-19(11-14)23-12-17(25-20(23)22-18)13-24-16-8-6-15(7-9-16)21(2,3)4/h5-11,17H,12-13H2,1-4H3/t17-/m0/s1. The smallest absolute Gasteiger partial charge is 0.297 e. The fraction of sp³-hybridized carbons (Fsp3) is 0.381. The van der Waals surface area contributed by atoms with E-state index >= 15 is 0 Å². The second kappa shape index (κ2) is 5.80. The zero-order valence-electron chi connectivity index (χ0n) is 15.2. The third-order valence-corrected chi connectivity index (χ3v) is 4.68. The lowest BCUT2D eigenvalue weighted by molar-refractivity contribution is 0.144. The molecule has 0 saturated heterocycles. The molecule has 0 radical (unpaired) electrons. The fourth-order valence-corrected chi connectivity index (χ4v) is 3.19. The Hall–Kier alpha value is -2.49. The quantitative estimate of drug-likeness (QED) is 0.707. The molecule has 1 aliphatic rings. The van der Waals surface area contributed by atoms with Crippen LogP contribution in [0, 0.1) is 6.92 Å². The van der Waals surface area contributed by atoms with Crippen LogP contribution in [0.2, 0.25) is 0 Å². The molecule has 0 aliphatic carbocycles. The third kappa shape index (κ3) is 3.09. The van der Waals surface area contributed by atoms with Crippen LogP contribution in [-0.4, -0.2) is 22.3 Å². The van der Waals surface area contributed by atoms with E-state index < -0.39 is 0 Å². The Kier molecular flexibility index (Phi) is 3.71. The molecular weight excluding hydrogens is 312 g/mol. The molecule has 2 heterocycles. The van der Waals surface area contributed by atoms with Crippen molar-refractivity contribution in [1.82, 2.24) is 9.55 Å². The highest BCUT2D eigenvalue weighted by molar-refractivity contribution is 5.77. The molecule has 0 saturated carbocycles. The Morgan fingerprint density at radius 3 is 2.64 bits per heavy atom. The van der Waals surface area contributed by atoms with Crippen LogP contribution in [0.5, 0.6) is 11.8 Å². The average molecular weight is 336 g/mol. The predicted molar refractivity (Wildman–Crippen MR) is 99.5 cm³/mol. The van der Waals surface area contributed by atoms with Gasteiger partial charge in [-0.15, -0.1) is 0 Å². The Labute approximate surface area is 148 Å². The highest BCUT2D eigenvalue weighted by Crippen LogP contribution is 2.29. The third-order valence-electron chi connectivity index (χ3n) is 4.68. The van der Waals surface area contributed by atoms with Crippen molar-refractivity contribution in [3.8, 4) is 11.8 Å². The highest BCUT2D eigenvalue weighted by atomic mass is 16.6. The number of aryl methyl sites for hydroxylation is 1. The molecule has 130 valence electrons. The van der Waals surface area contributed by atoms with Crippen molar-refractivity contribution in [3.05, 3.63) is 53.6 Å². The fourth-order valence-electron chi connectivity index (χ4n) is 3.19. The molecule has 4 nitrogen and oxygen atoms in total. The van der Waals surface area contributed by atoms with Gasteiger partial charge in [0, 0.05) is 0 Å². The molecule has 1 atom stereocenters. The summed E-state index contributed by atoms with van der Waals surface area (Å²) in [6.45, 7) is 10.0. The Morgan fingerprint density at radius 1 is 1.16 bits per heavy atom. The predicted octanol–water partition coefficient (Wildman–Crippen LogP) is 4.48. The first kappa shape index (κ1) is 16.0. The van der Waals surface area contributed by atoms with Crippen molar-refractivity contribution < 1.29 is 9.47 Å². The molecular formula is C21H24N2O2. The van der Waals surface area contributed by atoms with Gasteiger partial charge in [0.1, 0.15) is 12.4 Å². The summed E-state index contributed by atoms with van der Waals surface area (Å²) < 4.78 is 14.0. The van der Waals surface area contributed by atoms with Gasteiger partial charge in [0.2, 0.25) is 0 Å². The van der Waals surface area contributed by atoms with Gasteiger partial charge in [-0.2, -0.15) is 4.98 Å². The second-order valence-corrected chi connectivity index (χ2v) is 7.82. The van der Waals surface area contributed by atoms with E-state index in [0.29, 0.717) is 12.6 Å².